The van der Waals surface area contributed by atoms with Gasteiger partial charge in [-0.2, -0.15) is 0 Å². The number of piperidine rings is 1. The van der Waals surface area contributed by atoms with Crippen LogP contribution in [0.5, 0.6) is 0 Å². The van der Waals surface area contributed by atoms with Crippen LogP contribution in [0.25, 0.3) is 0 Å². The third-order valence-corrected chi connectivity index (χ3v) is 2.84. The van der Waals surface area contributed by atoms with Gasteiger partial charge < -0.3 is 10.4 Å². The molecule has 1 aliphatic rings. The van der Waals surface area contributed by atoms with Crippen molar-refractivity contribution in [2.45, 2.75) is 45.7 Å². The van der Waals surface area contributed by atoms with Gasteiger partial charge in [0.2, 0.25) is 0 Å². The molecule has 2 N–H and O–H groups in total. The van der Waals surface area contributed by atoms with Crippen LogP contribution >= 0.6 is 0 Å². The summed E-state index contributed by atoms with van der Waals surface area (Å²) in [6.07, 6.45) is 0.139. The summed E-state index contributed by atoms with van der Waals surface area (Å²) in [5, 5.41) is 12.5. The summed E-state index contributed by atoms with van der Waals surface area (Å²) < 4.78 is 0. The zero-order valence-electron chi connectivity index (χ0n) is 10.1. The Hall–Kier alpha value is -0.770. The Morgan fingerprint density at radius 1 is 1.40 bits per heavy atom. The van der Waals surface area contributed by atoms with E-state index in [1.54, 1.807) is 4.90 Å². The van der Waals surface area contributed by atoms with E-state index in [1.807, 2.05) is 20.8 Å². The molecule has 0 aromatic heterocycles. The lowest BCUT2D eigenvalue weighted by Gasteiger charge is -2.42. The molecule has 0 aliphatic carbocycles. The molecule has 1 heterocycles. The molecule has 0 aromatic carbocycles. The normalized spacial score (nSPS) is 27.5. The summed E-state index contributed by atoms with van der Waals surface area (Å²) in [5.41, 5.74) is -0.324. The molecule has 0 unspecified atom stereocenters. The highest BCUT2D eigenvalue weighted by Crippen LogP contribution is 2.23. The second kappa shape index (κ2) is 4.39. The van der Waals surface area contributed by atoms with Gasteiger partial charge in [-0.3, -0.25) is 4.90 Å². The van der Waals surface area contributed by atoms with Gasteiger partial charge in [0.05, 0.1) is 0 Å². The standard InChI is InChI=1S/C11H22N2O2/c1-8-5-9(7-12-6-8)13(10(14)15)11(2,3)4/h8-9,12H,5-7H2,1-4H3,(H,14,15)/t8-,9-/m0/s1. The molecule has 0 aromatic rings. The van der Waals surface area contributed by atoms with Crippen molar-refractivity contribution in [2.24, 2.45) is 5.92 Å². The van der Waals surface area contributed by atoms with Crippen molar-refractivity contribution in [3.63, 3.8) is 0 Å². The van der Waals surface area contributed by atoms with Crippen LogP contribution in [0.4, 0.5) is 4.79 Å². The molecule has 88 valence electrons. The van der Waals surface area contributed by atoms with Crippen molar-refractivity contribution in [1.82, 2.24) is 10.2 Å². The highest BCUT2D eigenvalue weighted by Gasteiger charge is 2.35. The Balaban J connectivity index is 2.76. The Bertz CT molecular complexity index is 235. The maximum absolute atomic E-state index is 11.3. The molecular weight excluding hydrogens is 192 g/mol. The Morgan fingerprint density at radius 3 is 2.40 bits per heavy atom. The monoisotopic (exact) mass is 214 g/mol. The lowest BCUT2D eigenvalue weighted by atomic mass is 9.93. The Morgan fingerprint density at radius 2 is 2.00 bits per heavy atom. The number of hydrogen-bond donors (Lipinski definition) is 2. The maximum atomic E-state index is 11.3. The number of carbonyl (C=O) groups is 1. The van der Waals surface area contributed by atoms with Crippen molar-refractivity contribution in [3.8, 4) is 0 Å². The van der Waals surface area contributed by atoms with Crippen LogP contribution in [0.1, 0.15) is 34.1 Å². The first-order chi connectivity index (χ1) is 6.82. The van der Waals surface area contributed by atoms with E-state index in [9.17, 15) is 9.90 Å². The highest BCUT2D eigenvalue weighted by atomic mass is 16.4. The van der Waals surface area contributed by atoms with E-state index in [-0.39, 0.29) is 11.6 Å². The minimum absolute atomic E-state index is 0.103. The Kier molecular flexibility index (Phi) is 3.60. The Labute approximate surface area is 91.6 Å². The van der Waals surface area contributed by atoms with Crippen molar-refractivity contribution in [3.05, 3.63) is 0 Å². The van der Waals surface area contributed by atoms with Gasteiger partial charge in [0.15, 0.2) is 0 Å². The largest absolute Gasteiger partial charge is 0.465 e. The van der Waals surface area contributed by atoms with Crippen molar-refractivity contribution >= 4 is 6.09 Å². The predicted octanol–water partition coefficient (Wildman–Crippen LogP) is 1.76. The number of hydrogen-bond acceptors (Lipinski definition) is 2. The molecule has 1 saturated heterocycles. The molecule has 4 heteroatoms. The number of nitrogens with zero attached hydrogens (tertiary/aromatic N) is 1. The third kappa shape index (κ3) is 3.09. The average Bonchev–Trinajstić information content (AvgIpc) is 1.99. The zero-order chi connectivity index (χ0) is 11.6. The molecule has 0 bridgehead atoms. The topological polar surface area (TPSA) is 52.6 Å². The average molecular weight is 214 g/mol. The van der Waals surface area contributed by atoms with E-state index in [1.165, 1.54) is 0 Å². The van der Waals surface area contributed by atoms with Gasteiger partial charge >= 0.3 is 6.09 Å². The lowest BCUT2D eigenvalue weighted by molar-refractivity contribution is 0.0544. The number of rotatable bonds is 1. The number of amides is 1. The van der Waals surface area contributed by atoms with Gasteiger partial charge in [-0.1, -0.05) is 6.92 Å². The molecule has 0 spiro atoms. The quantitative estimate of drug-likeness (QED) is 0.699. The maximum Gasteiger partial charge on any atom is 0.408 e. The molecule has 1 rings (SSSR count). The first-order valence-corrected chi connectivity index (χ1v) is 5.55. The van der Waals surface area contributed by atoms with E-state index in [4.69, 9.17) is 0 Å². The van der Waals surface area contributed by atoms with Crippen LogP contribution in [0.15, 0.2) is 0 Å². The van der Waals surface area contributed by atoms with E-state index in [0.717, 1.165) is 19.5 Å². The van der Waals surface area contributed by atoms with Gasteiger partial charge in [0.1, 0.15) is 0 Å². The summed E-state index contributed by atoms with van der Waals surface area (Å²) in [5.74, 6) is 0.549. The molecular formula is C11H22N2O2. The molecule has 0 saturated carbocycles. The van der Waals surface area contributed by atoms with Gasteiger partial charge in [-0.05, 0) is 39.7 Å². The van der Waals surface area contributed by atoms with Crippen molar-refractivity contribution < 1.29 is 9.90 Å². The minimum Gasteiger partial charge on any atom is -0.465 e. The summed E-state index contributed by atoms with van der Waals surface area (Å²) in [7, 11) is 0. The van der Waals surface area contributed by atoms with Crippen LogP contribution < -0.4 is 5.32 Å². The molecule has 1 fully saturated rings. The fourth-order valence-electron chi connectivity index (χ4n) is 2.32. The summed E-state index contributed by atoms with van der Waals surface area (Å²) in [6.45, 7) is 9.75. The lowest BCUT2D eigenvalue weighted by Crippen LogP contribution is -2.57. The van der Waals surface area contributed by atoms with Crippen LogP contribution in [-0.2, 0) is 0 Å². The van der Waals surface area contributed by atoms with E-state index < -0.39 is 6.09 Å². The fourth-order valence-corrected chi connectivity index (χ4v) is 2.32. The molecule has 0 radical (unpaired) electrons. The van der Waals surface area contributed by atoms with E-state index in [2.05, 4.69) is 12.2 Å². The van der Waals surface area contributed by atoms with Gasteiger partial charge in [0.25, 0.3) is 0 Å². The summed E-state index contributed by atoms with van der Waals surface area (Å²) in [4.78, 5) is 12.8. The first kappa shape index (κ1) is 12.3. The van der Waals surface area contributed by atoms with Crippen LogP contribution in [0, 0.1) is 5.92 Å². The zero-order valence-corrected chi connectivity index (χ0v) is 10.1. The second-order valence-corrected chi connectivity index (χ2v) is 5.48. The smallest absolute Gasteiger partial charge is 0.408 e. The van der Waals surface area contributed by atoms with Crippen molar-refractivity contribution in [1.29, 1.82) is 0 Å². The fraction of sp³-hybridized carbons (Fsp3) is 0.909. The van der Waals surface area contributed by atoms with Gasteiger partial charge in [-0.15, -0.1) is 0 Å². The second-order valence-electron chi connectivity index (χ2n) is 5.48. The van der Waals surface area contributed by atoms with Crippen molar-refractivity contribution in [2.75, 3.05) is 13.1 Å². The summed E-state index contributed by atoms with van der Waals surface area (Å²) >= 11 is 0. The van der Waals surface area contributed by atoms with Gasteiger partial charge in [-0.25, -0.2) is 4.79 Å². The predicted molar refractivity (Wildman–Crippen MR) is 60.1 cm³/mol. The molecule has 15 heavy (non-hydrogen) atoms. The molecule has 2 atom stereocenters. The molecule has 1 aliphatic heterocycles. The van der Waals surface area contributed by atoms with Crippen LogP contribution in [0.2, 0.25) is 0 Å². The first-order valence-electron chi connectivity index (χ1n) is 5.55. The van der Waals surface area contributed by atoms with Crippen LogP contribution in [0.3, 0.4) is 0 Å². The highest BCUT2D eigenvalue weighted by molar-refractivity contribution is 5.66. The minimum atomic E-state index is -0.816. The van der Waals surface area contributed by atoms with E-state index in [0.29, 0.717) is 5.92 Å². The SMILES string of the molecule is C[C@@H]1CNC[C@@H](N(C(=O)O)C(C)(C)C)C1. The third-order valence-electron chi connectivity index (χ3n) is 2.84. The molecule has 4 nitrogen and oxygen atoms in total. The van der Waals surface area contributed by atoms with E-state index >= 15 is 0 Å². The summed E-state index contributed by atoms with van der Waals surface area (Å²) in [6, 6.07) is 0.103. The number of carboxylic acid groups (broad SMARTS) is 1. The molecule has 1 amide bonds. The number of nitrogens with one attached hydrogen (secondary N) is 1. The van der Waals surface area contributed by atoms with Crippen LogP contribution in [-0.4, -0.2) is 40.8 Å². The van der Waals surface area contributed by atoms with Gasteiger partial charge in [0, 0.05) is 18.1 Å².